The van der Waals surface area contributed by atoms with Gasteiger partial charge in [-0.2, -0.15) is 0 Å². The lowest BCUT2D eigenvalue weighted by Crippen LogP contribution is -2.23. The molecule has 3 heterocycles. The van der Waals surface area contributed by atoms with E-state index in [1.165, 1.54) is 28.7 Å². The number of allylic oxidation sites excluding steroid dienone is 1. The molecule has 1 N–H and O–H groups in total. The number of nitrogens with zero attached hydrogens (tertiary/aromatic N) is 3. The van der Waals surface area contributed by atoms with Gasteiger partial charge in [0.05, 0.1) is 21.4 Å². The summed E-state index contributed by atoms with van der Waals surface area (Å²) >= 11 is 4.43. The molecule has 5 rings (SSSR count). The first-order valence-electron chi connectivity index (χ1n) is 11.5. The minimum atomic E-state index is -0.164. The molecule has 182 valence electrons. The molecule has 5 aromatic rings. The molecule has 0 spiro atoms. The number of thioether (sulfide) groups is 1. The third-order valence-corrected chi connectivity index (χ3v) is 8.84. The summed E-state index contributed by atoms with van der Waals surface area (Å²) in [6.07, 6.45) is 2.52. The molecule has 0 saturated carbocycles. The molecule has 0 unspecified atom stereocenters. The molecule has 0 bridgehead atoms. The summed E-state index contributed by atoms with van der Waals surface area (Å²) in [5, 5.41) is 5.02. The highest BCUT2D eigenvalue weighted by atomic mass is 32.2. The number of carbonyl (C=O) groups is 1. The van der Waals surface area contributed by atoms with Gasteiger partial charge in [-0.05, 0) is 61.4 Å². The summed E-state index contributed by atoms with van der Waals surface area (Å²) in [6, 6.07) is 15.9. The highest BCUT2D eigenvalue weighted by molar-refractivity contribution is 7.99. The van der Waals surface area contributed by atoms with Crippen molar-refractivity contribution < 1.29 is 4.79 Å². The Bertz CT molecular complexity index is 1650. The van der Waals surface area contributed by atoms with Crippen LogP contribution >= 0.6 is 34.4 Å². The van der Waals surface area contributed by atoms with Crippen LogP contribution in [0.3, 0.4) is 0 Å². The zero-order chi connectivity index (χ0) is 25.2. The van der Waals surface area contributed by atoms with Crippen LogP contribution < -0.4 is 10.9 Å². The largest absolute Gasteiger partial charge is 0.325 e. The van der Waals surface area contributed by atoms with Crippen LogP contribution in [0.5, 0.6) is 0 Å². The van der Waals surface area contributed by atoms with Gasteiger partial charge in [-0.3, -0.25) is 14.2 Å². The summed E-state index contributed by atoms with van der Waals surface area (Å²) in [5.74, 6) is -0.0248. The lowest BCUT2D eigenvalue weighted by atomic mass is 10.2. The number of hydrogen-bond donors (Lipinski definition) is 1. The van der Waals surface area contributed by atoms with Crippen LogP contribution in [0.2, 0.25) is 0 Å². The minimum absolute atomic E-state index is 0.0978. The van der Waals surface area contributed by atoms with Gasteiger partial charge in [0.25, 0.3) is 5.56 Å². The Kier molecular flexibility index (Phi) is 7.04. The fraction of sp³-hybridized carbons (Fsp3) is 0.185. The van der Waals surface area contributed by atoms with E-state index >= 15 is 0 Å². The van der Waals surface area contributed by atoms with E-state index in [1.807, 2.05) is 36.4 Å². The van der Waals surface area contributed by atoms with Crippen molar-refractivity contribution in [2.24, 2.45) is 0 Å². The highest BCUT2D eigenvalue weighted by Crippen LogP contribution is 2.31. The van der Waals surface area contributed by atoms with Crippen molar-refractivity contribution in [1.82, 2.24) is 14.5 Å². The molecule has 0 fully saturated rings. The summed E-state index contributed by atoms with van der Waals surface area (Å²) in [6.45, 7) is 8.23. The molecular weight excluding hydrogens is 509 g/mol. The summed E-state index contributed by atoms with van der Waals surface area (Å²) in [5.41, 5.74) is 3.82. The molecule has 6 nitrogen and oxygen atoms in total. The maximum absolute atomic E-state index is 13.0. The van der Waals surface area contributed by atoms with Gasteiger partial charge in [0.2, 0.25) is 5.91 Å². The number of aromatic nitrogens is 3. The number of thiazole rings is 1. The van der Waals surface area contributed by atoms with Gasteiger partial charge in [0, 0.05) is 22.7 Å². The van der Waals surface area contributed by atoms with Gasteiger partial charge < -0.3 is 5.32 Å². The summed E-state index contributed by atoms with van der Waals surface area (Å²) in [4.78, 5) is 36.9. The van der Waals surface area contributed by atoms with Crippen LogP contribution in [0.1, 0.15) is 17.4 Å². The number of thiophene rings is 1. The Morgan fingerprint density at radius 2 is 1.94 bits per heavy atom. The van der Waals surface area contributed by atoms with Crippen LogP contribution in [0.15, 0.2) is 71.1 Å². The predicted molar refractivity (Wildman–Crippen MR) is 153 cm³/mol. The first-order chi connectivity index (χ1) is 17.4. The first kappa shape index (κ1) is 24.4. The van der Waals surface area contributed by atoms with Crippen LogP contribution in [0, 0.1) is 6.92 Å². The molecule has 0 aliphatic carbocycles. The van der Waals surface area contributed by atoms with E-state index in [0.717, 1.165) is 32.1 Å². The van der Waals surface area contributed by atoms with Crippen molar-refractivity contribution in [3.63, 3.8) is 0 Å². The molecule has 1 amide bonds. The molecule has 3 aromatic heterocycles. The van der Waals surface area contributed by atoms with Crippen molar-refractivity contribution in [2.75, 3.05) is 11.1 Å². The highest BCUT2D eigenvalue weighted by Gasteiger charge is 2.15. The Labute approximate surface area is 220 Å². The van der Waals surface area contributed by atoms with Crippen LogP contribution in [-0.4, -0.2) is 26.2 Å². The number of nitrogens with one attached hydrogen (secondary N) is 1. The Hall–Kier alpha value is -3.27. The summed E-state index contributed by atoms with van der Waals surface area (Å²) in [7, 11) is 0. The average Bonchev–Trinajstić information content (AvgIpc) is 3.49. The number of hydrogen-bond acceptors (Lipinski definition) is 7. The monoisotopic (exact) mass is 532 g/mol. The van der Waals surface area contributed by atoms with Crippen molar-refractivity contribution in [1.29, 1.82) is 0 Å². The Morgan fingerprint density at radius 1 is 1.14 bits per heavy atom. The van der Waals surface area contributed by atoms with Crippen molar-refractivity contribution in [2.45, 2.75) is 32.0 Å². The maximum Gasteiger partial charge on any atom is 0.263 e. The second-order valence-corrected chi connectivity index (χ2v) is 11.4. The second-order valence-electron chi connectivity index (χ2n) is 8.29. The van der Waals surface area contributed by atoms with Crippen LogP contribution in [0.4, 0.5) is 5.69 Å². The van der Waals surface area contributed by atoms with Gasteiger partial charge in [-0.1, -0.05) is 30.8 Å². The third-order valence-electron chi connectivity index (χ3n) is 5.62. The quantitative estimate of drug-likeness (QED) is 0.140. The standard InChI is InChI=1S/C27H24N4O2S3/c1-4-12-31-26(33)20-14-19(5-2)35-25(20)30-27(31)34-15-23(32)28-18-9-7-17(8-10-18)24-29-21-11-6-16(3)13-22(21)36-24/h4,6-11,13-14H,1,5,12,15H2,2-3H3,(H,28,32). The topological polar surface area (TPSA) is 76.9 Å². The molecule has 0 saturated heterocycles. The molecule has 9 heteroatoms. The number of benzene rings is 2. The van der Waals surface area contributed by atoms with E-state index in [9.17, 15) is 9.59 Å². The Balaban J connectivity index is 1.28. The molecule has 36 heavy (non-hydrogen) atoms. The molecule has 0 radical (unpaired) electrons. The number of anilines is 1. The van der Waals surface area contributed by atoms with E-state index < -0.39 is 0 Å². The van der Waals surface area contributed by atoms with Crippen molar-refractivity contribution >= 4 is 66.5 Å². The maximum atomic E-state index is 13.0. The second kappa shape index (κ2) is 10.4. The number of amides is 1. The molecular formula is C27H24N4O2S3. The normalized spacial score (nSPS) is 11.3. The zero-order valence-corrected chi connectivity index (χ0v) is 22.4. The minimum Gasteiger partial charge on any atom is -0.325 e. The Morgan fingerprint density at radius 3 is 2.69 bits per heavy atom. The van der Waals surface area contributed by atoms with Gasteiger partial charge >= 0.3 is 0 Å². The summed E-state index contributed by atoms with van der Waals surface area (Å²) < 4.78 is 2.74. The average molecular weight is 533 g/mol. The van der Waals surface area contributed by atoms with Gasteiger partial charge in [0.1, 0.15) is 9.84 Å². The van der Waals surface area contributed by atoms with E-state index in [0.29, 0.717) is 27.6 Å². The van der Waals surface area contributed by atoms with Gasteiger partial charge in [0.15, 0.2) is 5.16 Å². The predicted octanol–water partition coefficient (Wildman–Crippen LogP) is 6.52. The molecule has 0 atom stereocenters. The van der Waals surface area contributed by atoms with Gasteiger partial charge in [-0.15, -0.1) is 29.3 Å². The number of fused-ring (bicyclic) bond motifs is 2. The number of aryl methyl sites for hydroxylation is 2. The smallest absolute Gasteiger partial charge is 0.263 e. The lowest BCUT2D eigenvalue weighted by Gasteiger charge is -2.10. The molecule has 0 aliphatic heterocycles. The van der Waals surface area contributed by atoms with Crippen molar-refractivity contribution in [3.8, 4) is 10.6 Å². The molecule has 2 aromatic carbocycles. The fourth-order valence-corrected chi connectivity index (χ4v) is 6.69. The van der Waals surface area contributed by atoms with Gasteiger partial charge in [-0.25, -0.2) is 9.97 Å². The zero-order valence-electron chi connectivity index (χ0n) is 19.9. The third kappa shape index (κ3) is 5.00. The van der Waals surface area contributed by atoms with E-state index in [4.69, 9.17) is 4.98 Å². The van der Waals surface area contributed by atoms with Crippen LogP contribution in [0.25, 0.3) is 31.0 Å². The SMILES string of the molecule is C=CCn1c(SCC(=O)Nc2ccc(-c3nc4ccc(C)cc4s3)cc2)nc2sc(CC)cc2c1=O. The van der Waals surface area contributed by atoms with Crippen LogP contribution in [-0.2, 0) is 17.8 Å². The first-order valence-corrected chi connectivity index (χ1v) is 14.1. The van der Waals surface area contributed by atoms with Crippen molar-refractivity contribution in [3.05, 3.63) is 82.0 Å². The van der Waals surface area contributed by atoms with E-state index in [1.54, 1.807) is 22.0 Å². The number of rotatable bonds is 8. The fourth-order valence-electron chi connectivity index (χ4n) is 3.80. The molecule has 0 aliphatic rings. The van der Waals surface area contributed by atoms with E-state index in [2.05, 4.69) is 42.9 Å². The number of carbonyl (C=O) groups excluding carboxylic acids is 1. The van der Waals surface area contributed by atoms with E-state index in [-0.39, 0.29) is 17.2 Å². The lowest BCUT2D eigenvalue weighted by molar-refractivity contribution is -0.113.